The van der Waals surface area contributed by atoms with Gasteiger partial charge in [0.1, 0.15) is 5.82 Å². The molecule has 0 heterocycles. The Bertz CT molecular complexity index is 314. The first-order valence-electron chi connectivity index (χ1n) is 3.32. The Kier molecular flexibility index (Phi) is 3.00. The second-order valence-electron chi connectivity index (χ2n) is 2.36. The van der Waals surface area contributed by atoms with Gasteiger partial charge >= 0.3 is 0 Å². The lowest BCUT2D eigenvalue weighted by Gasteiger charge is -2.01. The highest BCUT2D eigenvalue weighted by Crippen LogP contribution is 2.17. The first-order chi connectivity index (χ1) is 5.61. The fraction of sp³-hybridized carbons (Fsp3) is 0.125. The SMILES string of the molecule is NC(=S)Cc1cccc(Cl)c1F. The first kappa shape index (κ1) is 9.42. The second kappa shape index (κ2) is 3.83. The molecular formula is C8H7ClFNS. The Morgan fingerprint density at radius 1 is 1.58 bits per heavy atom. The van der Waals surface area contributed by atoms with Gasteiger partial charge in [-0.15, -0.1) is 0 Å². The van der Waals surface area contributed by atoms with Gasteiger partial charge in [0.15, 0.2) is 0 Å². The number of hydrogen-bond donors (Lipinski definition) is 1. The van der Waals surface area contributed by atoms with Crippen LogP contribution in [0.4, 0.5) is 4.39 Å². The standard InChI is InChI=1S/C8H7ClFNS/c9-6-3-1-2-5(8(6)10)4-7(11)12/h1-3H,4H2,(H2,11,12). The van der Waals surface area contributed by atoms with Crippen molar-refractivity contribution < 1.29 is 4.39 Å². The molecule has 2 N–H and O–H groups in total. The van der Waals surface area contributed by atoms with Gasteiger partial charge in [-0.25, -0.2) is 4.39 Å². The first-order valence-corrected chi connectivity index (χ1v) is 4.11. The van der Waals surface area contributed by atoms with Crippen molar-refractivity contribution >= 4 is 28.8 Å². The van der Waals surface area contributed by atoms with E-state index in [0.29, 0.717) is 5.56 Å². The van der Waals surface area contributed by atoms with Crippen molar-refractivity contribution in [2.45, 2.75) is 6.42 Å². The van der Waals surface area contributed by atoms with Crippen LogP contribution in [0, 0.1) is 5.82 Å². The van der Waals surface area contributed by atoms with Crippen molar-refractivity contribution in [3.8, 4) is 0 Å². The molecule has 1 nitrogen and oxygen atoms in total. The van der Waals surface area contributed by atoms with E-state index in [1.807, 2.05) is 0 Å². The molecular weight excluding hydrogens is 197 g/mol. The molecule has 1 aromatic rings. The summed E-state index contributed by atoms with van der Waals surface area (Å²) in [6.07, 6.45) is 0.252. The van der Waals surface area contributed by atoms with Crippen LogP contribution < -0.4 is 5.73 Å². The molecule has 0 saturated carbocycles. The van der Waals surface area contributed by atoms with Gasteiger partial charge in [0, 0.05) is 6.42 Å². The van der Waals surface area contributed by atoms with E-state index in [0.717, 1.165) is 0 Å². The van der Waals surface area contributed by atoms with E-state index in [2.05, 4.69) is 12.2 Å². The summed E-state index contributed by atoms with van der Waals surface area (Å²) < 4.78 is 13.1. The van der Waals surface area contributed by atoms with E-state index in [1.54, 1.807) is 12.1 Å². The minimum atomic E-state index is -0.438. The topological polar surface area (TPSA) is 26.0 Å². The molecule has 0 atom stereocenters. The van der Waals surface area contributed by atoms with Crippen LogP contribution >= 0.6 is 23.8 Å². The van der Waals surface area contributed by atoms with Crippen LogP contribution in [0.5, 0.6) is 0 Å². The summed E-state index contributed by atoms with van der Waals surface area (Å²) in [7, 11) is 0. The van der Waals surface area contributed by atoms with E-state index in [4.69, 9.17) is 17.3 Å². The smallest absolute Gasteiger partial charge is 0.145 e. The van der Waals surface area contributed by atoms with Crippen LogP contribution in [0.15, 0.2) is 18.2 Å². The predicted molar refractivity (Wildman–Crippen MR) is 51.9 cm³/mol. The van der Waals surface area contributed by atoms with Gasteiger partial charge in [0.25, 0.3) is 0 Å². The minimum absolute atomic E-state index is 0.101. The molecule has 4 heteroatoms. The van der Waals surface area contributed by atoms with Gasteiger partial charge < -0.3 is 5.73 Å². The average molecular weight is 204 g/mol. The highest BCUT2D eigenvalue weighted by molar-refractivity contribution is 7.80. The Morgan fingerprint density at radius 3 is 2.83 bits per heavy atom. The van der Waals surface area contributed by atoms with Crippen molar-refractivity contribution in [2.24, 2.45) is 5.73 Å². The maximum Gasteiger partial charge on any atom is 0.145 e. The van der Waals surface area contributed by atoms with Crippen LogP contribution in [0.2, 0.25) is 5.02 Å². The molecule has 0 radical (unpaired) electrons. The highest BCUT2D eigenvalue weighted by Gasteiger charge is 2.05. The number of nitrogens with two attached hydrogens (primary N) is 1. The lowest BCUT2D eigenvalue weighted by molar-refractivity contribution is 0.616. The lowest BCUT2D eigenvalue weighted by Crippen LogP contribution is -2.12. The van der Waals surface area contributed by atoms with Gasteiger partial charge in [-0.1, -0.05) is 36.0 Å². The molecule has 12 heavy (non-hydrogen) atoms. The summed E-state index contributed by atoms with van der Waals surface area (Å²) in [5.74, 6) is -0.438. The Morgan fingerprint density at radius 2 is 2.25 bits per heavy atom. The van der Waals surface area contributed by atoms with E-state index in [1.165, 1.54) is 6.07 Å². The van der Waals surface area contributed by atoms with Crippen molar-refractivity contribution in [3.63, 3.8) is 0 Å². The number of thiocarbonyl (C=S) groups is 1. The average Bonchev–Trinajstić information content (AvgIpc) is 1.98. The fourth-order valence-corrected chi connectivity index (χ4v) is 1.22. The van der Waals surface area contributed by atoms with Crippen LogP contribution in [0.3, 0.4) is 0 Å². The summed E-state index contributed by atoms with van der Waals surface area (Å²) in [5.41, 5.74) is 5.70. The van der Waals surface area contributed by atoms with Crippen LogP contribution in [0.25, 0.3) is 0 Å². The van der Waals surface area contributed by atoms with E-state index < -0.39 is 5.82 Å². The second-order valence-corrected chi connectivity index (χ2v) is 3.29. The van der Waals surface area contributed by atoms with Gasteiger partial charge in [0.05, 0.1) is 10.0 Å². The summed E-state index contributed by atoms with van der Waals surface area (Å²) >= 11 is 10.2. The lowest BCUT2D eigenvalue weighted by atomic mass is 10.1. The molecule has 1 aromatic carbocycles. The van der Waals surface area contributed by atoms with Gasteiger partial charge in [-0.05, 0) is 11.6 Å². The Balaban J connectivity index is 3.00. The highest BCUT2D eigenvalue weighted by atomic mass is 35.5. The Labute approximate surface area is 80.3 Å². The van der Waals surface area contributed by atoms with E-state index in [-0.39, 0.29) is 16.4 Å². The molecule has 0 aliphatic heterocycles. The van der Waals surface area contributed by atoms with Crippen LogP contribution in [0.1, 0.15) is 5.56 Å². The zero-order valence-corrected chi connectivity index (χ0v) is 7.75. The maximum atomic E-state index is 13.1. The third-order valence-corrected chi connectivity index (χ3v) is 1.83. The fourth-order valence-electron chi connectivity index (χ4n) is 0.873. The third kappa shape index (κ3) is 2.16. The molecule has 0 spiro atoms. The van der Waals surface area contributed by atoms with Gasteiger partial charge in [-0.2, -0.15) is 0 Å². The van der Waals surface area contributed by atoms with Gasteiger partial charge in [0.2, 0.25) is 0 Å². The van der Waals surface area contributed by atoms with Crippen molar-refractivity contribution in [2.75, 3.05) is 0 Å². The van der Waals surface area contributed by atoms with E-state index in [9.17, 15) is 4.39 Å². The molecule has 0 fully saturated rings. The van der Waals surface area contributed by atoms with Gasteiger partial charge in [-0.3, -0.25) is 0 Å². The zero-order valence-electron chi connectivity index (χ0n) is 6.18. The predicted octanol–water partition coefficient (Wildman–Crippen LogP) is 2.31. The number of halogens is 2. The Hall–Kier alpha value is -0.670. The molecule has 64 valence electrons. The molecule has 0 aliphatic rings. The summed E-state index contributed by atoms with van der Waals surface area (Å²) in [5, 5.41) is 0.101. The number of rotatable bonds is 2. The third-order valence-electron chi connectivity index (χ3n) is 1.40. The molecule has 0 aliphatic carbocycles. The van der Waals surface area contributed by atoms with Crippen LogP contribution in [-0.4, -0.2) is 4.99 Å². The van der Waals surface area contributed by atoms with E-state index >= 15 is 0 Å². The largest absolute Gasteiger partial charge is 0.393 e. The molecule has 0 unspecified atom stereocenters. The number of benzene rings is 1. The van der Waals surface area contributed by atoms with Crippen molar-refractivity contribution in [3.05, 3.63) is 34.6 Å². The molecule has 1 rings (SSSR count). The summed E-state index contributed by atoms with van der Waals surface area (Å²) in [6, 6.07) is 4.76. The zero-order chi connectivity index (χ0) is 9.14. The maximum absolute atomic E-state index is 13.1. The van der Waals surface area contributed by atoms with Crippen molar-refractivity contribution in [1.29, 1.82) is 0 Å². The molecule has 0 amide bonds. The minimum Gasteiger partial charge on any atom is -0.393 e. The number of hydrogen-bond acceptors (Lipinski definition) is 1. The molecule has 0 aromatic heterocycles. The molecule has 0 saturated heterocycles. The quantitative estimate of drug-likeness (QED) is 0.747. The van der Waals surface area contributed by atoms with Crippen LogP contribution in [-0.2, 0) is 6.42 Å². The normalized spacial score (nSPS) is 9.83. The summed E-state index contributed by atoms with van der Waals surface area (Å²) in [4.78, 5) is 0.260. The molecule has 0 bridgehead atoms. The summed E-state index contributed by atoms with van der Waals surface area (Å²) in [6.45, 7) is 0. The van der Waals surface area contributed by atoms with Crippen molar-refractivity contribution in [1.82, 2.24) is 0 Å². The monoisotopic (exact) mass is 203 g/mol.